The van der Waals surface area contributed by atoms with Gasteiger partial charge in [-0.05, 0) is 28.1 Å². The summed E-state index contributed by atoms with van der Waals surface area (Å²) in [4.78, 5) is 19.2. The number of nitrogens with zero attached hydrogens (tertiary/aromatic N) is 2. The van der Waals surface area contributed by atoms with E-state index in [4.69, 9.17) is 11.6 Å². The third-order valence-corrected chi connectivity index (χ3v) is 4.69. The van der Waals surface area contributed by atoms with Crippen LogP contribution in [0.4, 0.5) is 5.82 Å². The number of anilines is 1. The summed E-state index contributed by atoms with van der Waals surface area (Å²) in [5.41, 5.74) is 0.448. The number of hydrogen-bond acceptors (Lipinski definition) is 4. The average Bonchev–Trinajstić information content (AvgIpc) is 2.84. The van der Waals surface area contributed by atoms with Crippen LogP contribution in [0.1, 0.15) is 15.2 Å². The van der Waals surface area contributed by atoms with Gasteiger partial charge in [0, 0.05) is 35.0 Å². The lowest BCUT2D eigenvalue weighted by Gasteiger charge is -2.17. The minimum Gasteiger partial charge on any atom is -0.373 e. The predicted octanol–water partition coefficient (Wildman–Crippen LogP) is 3.87. The number of hydrogen-bond donors (Lipinski definition) is 1. The Morgan fingerprint density at radius 2 is 2.30 bits per heavy atom. The molecule has 2 rings (SSSR count). The summed E-state index contributed by atoms with van der Waals surface area (Å²) in [5, 5.41) is 5.24. The van der Waals surface area contributed by atoms with Gasteiger partial charge in [-0.25, -0.2) is 4.98 Å². The van der Waals surface area contributed by atoms with Crippen LogP contribution in [0.5, 0.6) is 0 Å². The van der Waals surface area contributed by atoms with Gasteiger partial charge in [0.1, 0.15) is 5.82 Å². The van der Waals surface area contributed by atoms with Crippen LogP contribution in [0.3, 0.4) is 0 Å². The molecule has 1 amide bonds. The van der Waals surface area contributed by atoms with Crippen LogP contribution in [0.15, 0.2) is 28.2 Å². The highest BCUT2D eigenvalue weighted by atomic mass is 79.9. The average molecular weight is 375 g/mol. The molecule has 0 bridgehead atoms. The molecule has 7 heteroatoms. The lowest BCUT2D eigenvalue weighted by Crippen LogP contribution is -2.26. The summed E-state index contributed by atoms with van der Waals surface area (Å²) in [5.74, 6) is 0.489. The summed E-state index contributed by atoms with van der Waals surface area (Å²) in [7, 11) is 3.50. The topological polar surface area (TPSA) is 45.2 Å². The highest BCUT2D eigenvalue weighted by Crippen LogP contribution is 2.23. The smallest absolute Gasteiger partial charge is 0.255 e. The van der Waals surface area contributed by atoms with Gasteiger partial charge in [0.2, 0.25) is 0 Å². The first kappa shape index (κ1) is 15.3. The third-order valence-electron chi connectivity index (χ3n) is 2.70. The minimum absolute atomic E-state index is 0.126. The van der Waals surface area contributed by atoms with E-state index in [-0.39, 0.29) is 5.91 Å². The van der Waals surface area contributed by atoms with E-state index in [1.807, 2.05) is 11.4 Å². The number of amides is 1. The van der Waals surface area contributed by atoms with E-state index in [9.17, 15) is 4.79 Å². The molecule has 0 aliphatic rings. The van der Waals surface area contributed by atoms with Crippen molar-refractivity contribution in [1.29, 1.82) is 0 Å². The summed E-state index contributed by atoms with van der Waals surface area (Å²) in [6, 6.07) is 3.66. The van der Waals surface area contributed by atoms with Crippen molar-refractivity contribution in [2.75, 3.05) is 19.4 Å². The highest BCUT2D eigenvalue weighted by Gasteiger charge is 2.17. The van der Waals surface area contributed by atoms with Crippen molar-refractivity contribution in [2.45, 2.75) is 6.54 Å². The molecule has 0 aromatic carbocycles. The third kappa shape index (κ3) is 3.50. The fourth-order valence-corrected chi connectivity index (χ4v) is 3.37. The van der Waals surface area contributed by atoms with Crippen LogP contribution < -0.4 is 5.32 Å². The van der Waals surface area contributed by atoms with E-state index < -0.39 is 0 Å². The molecule has 2 aromatic rings. The fraction of sp³-hybridized carbons (Fsp3) is 0.231. The van der Waals surface area contributed by atoms with Gasteiger partial charge in [0.15, 0.2) is 0 Å². The highest BCUT2D eigenvalue weighted by molar-refractivity contribution is 9.10. The van der Waals surface area contributed by atoms with Crippen LogP contribution in [0.2, 0.25) is 5.02 Å². The predicted molar refractivity (Wildman–Crippen MR) is 86.6 cm³/mol. The van der Waals surface area contributed by atoms with Gasteiger partial charge in [-0.2, -0.15) is 0 Å². The zero-order valence-electron chi connectivity index (χ0n) is 11.0. The second-order valence-corrected chi connectivity index (χ2v) is 6.51. The number of pyridine rings is 1. The molecule has 0 aliphatic heterocycles. The summed E-state index contributed by atoms with van der Waals surface area (Å²) < 4.78 is 1.03. The maximum absolute atomic E-state index is 12.4. The molecular formula is C13H13BrClN3OS. The molecule has 1 N–H and O–H groups in total. The van der Waals surface area contributed by atoms with Crippen molar-refractivity contribution in [3.8, 4) is 0 Å². The van der Waals surface area contributed by atoms with Crippen molar-refractivity contribution < 1.29 is 4.79 Å². The molecule has 0 aliphatic carbocycles. The lowest BCUT2D eigenvalue weighted by molar-refractivity contribution is 0.0786. The Labute approximate surface area is 134 Å². The Morgan fingerprint density at radius 3 is 2.90 bits per heavy atom. The number of aromatic nitrogens is 1. The molecule has 0 spiro atoms. The van der Waals surface area contributed by atoms with Crippen molar-refractivity contribution in [1.82, 2.24) is 9.88 Å². The number of rotatable bonds is 4. The molecule has 0 saturated carbocycles. The van der Waals surface area contributed by atoms with Crippen molar-refractivity contribution in [3.05, 3.63) is 43.6 Å². The number of carbonyl (C=O) groups is 1. The summed E-state index contributed by atoms with van der Waals surface area (Å²) >= 11 is 11.1. The Bertz CT molecular complexity index is 632. The van der Waals surface area contributed by atoms with Gasteiger partial charge < -0.3 is 10.2 Å². The zero-order chi connectivity index (χ0) is 14.7. The Morgan fingerprint density at radius 1 is 1.55 bits per heavy atom. The monoisotopic (exact) mass is 373 g/mol. The maximum atomic E-state index is 12.4. The second-order valence-electron chi connectivity index (χ2n) is 4.19. The first-order chi connectivity index (χ1) is 9.51. The molecule has 0 atom stereocenters. The van der Waals surface area contributed by atoms with Gasteiger partial charge in [-0.1, -0.05) is 11.6 Å². The Kier molecular flexibility index (Phi) is 5.01. The molecule has 20 heavy (non-hydrogen) atoms. The van der Waals surface area contributed by atoms with Gasteiger partial charge in [0.25, 0.3) is 5.91 Å². The number of nitrogens with one attached hydrogen (secondary N) is 1. The Hall–Kier alpha value is -1.11. The molecule has 2 aromatic heterocycles. The molecule has 106 valence electrons. The van der Waals surface area contributed by atoms with Gasteiger partial charge in [-0.15, -0.1) is 11.3 Å². The van der Waals surface area contributed by atoms with Crippen molar-refractivity contribution in [3.63, 3.8) is 0 Å². The number of halogens is 2. The maximum Gasteiger partial charge on any atom is 0.255 e. The molecule has 2 heterocycles. The molecule has 0 unspecified atom stereocenters. The van der Waals surface area contributed by atoms with Crippen LogP contribution in [-0.2, 0) is 6.54 Å². The molecule has 4 nitrogen and oxygen atoms in total. The van der Waals surface area contributed by atoms with E-state index in [2.05, 4.69) is 26.2 Å². The van der Waals surface area contributed by atoms with Crippen LogP contribution in [-0.4, -0.2) is 29.9 Å². The number of carbonyl (C=O) groups excluding carboxylic acids is 1. The SMILES string of the molecule is CNc1cc(C(=O)N(C)Cc2cc(Br)cs2)c(Cl)cn1. The van der Waals surface area contributed by atoms with E-state index in [0.717, 1.165) is 9.35 Å². The number of thiophene rings is 1. The molecular weight excluding hydrogens is 362 g/mol. The van der Waals surface area contributed by atoms with E-state index >= 15 is 0 Å². The fourth-order valence-electron chi connectivity index (χ4n) is 1.69. The van der Waals surface area contributed by atoms with Gasteiger partial charge >= 0.3 is 0 Å². The van der Waals surface area contributed by atoms with Gasteiger partial charge in [0.05, 0.1) is 17.1 Å². The zero-order valence-corrected chi connectivity index (χ0v) is 14.1. The quantitative estimate of drug-likeness (QED) is 0.883. The standard InChI is InChI=1S/C13H13BrClN3OS/c1-16-12-4-10(11(15)5-17-12)13(19)18(2)6-9-3-8(14)7-20-9/h3-5,7H,6H2,1-2H3,(H,16,17). The lowest BCUT2D eigenvalue weighted by atomic mass is 10.2. The van der Waals surface area contributed by atoms with E-state index in [1.165, 1.54) is 6.20 Å². The van der Waals surface area contributed by atoms with Crippen LogP contribution >= 0.6 is 38.9 Å². The first-order valence-corrected chi connectivity index (χ1v) is 7.88. The largest absolute Gasteiger partial charge is 0.373 e. The van der Waals surface area contributed by atoms with E-state index in [0.29, 0.717) is 22.9 Å². The summed E-state index contributed by atoms with van der Waals surface area (Å²) in [6.07, 6.45) is 1.48. The molecule has 0 radical (unpaired) electrons. The first-order valence-electron chi connectivity index (χ1n) is 5.83. The van der Waals surface area contributed by atoms with E-state index in [1.54, 1.807) is 36.4 Å². The molecule has 0 fully saturated rings. The van der Waals surface area contributed by atoms with Gasteiger partial charge in [-0.3, -0.25) is 4.79 Å². The van der Waals surface area contributed by atoms with Crippen molar-refractivity contribution >= 4 is 50.6 Å². The second kappa shape index (κ2) is 6.56. The normalized spacial score (nSPS) is 10.4. The van der Waals surface area contributed by atoms with Crippen LogP contribution in [0, 0.1) is 0 Å². The molecule has 0 saturated heterocycles. The van der Waals surface area contributed by atoms with Crippen molar-refractivity contribution in [2.24, 2.45) is 0 Å². The Balaban J connectivity index is 2.17. The summed E-state index contributed by atoms with van der Waals surface area (Å²) in [6.45, 7) is 0.544. The minimum atomic E-state index is -0.126. The van der Waals surface area contributed by atoms with Crippen LogP contribution in [0.25, 0.3) is 0 Å².